The molecule has 0 bridgehead atoms. The number of hydrogen-bond donors (Lipinski definition) is 2. The molecule has 6 heteroatoms. The van der Waals surface area contributed by atoms with Crippen LogP contribution in [0.3, 0.4) is 0 Å². The molecule has 3 N–H and O–H groups in total. The van der Waals surface area contributed by atoms with Gasteiger partial charge in [0.1, 0.15) is 17.3 Å². The molecular weight excluding hydrogens is 374 g/mol. The van der Waals surface area contributed by atoms with Crippen molar-refractivity contribution in [2.75, 3.05) is 11.1 Å². The monoisotopic (exact) mass is 399 g/mol. The van der Waals surface area contributed by atoms with E-state index in [-0.39, 0.29) is 0 Å². The van der Waals surface area contributed by atoms with Gasteiger partial charge in [0.15, 0.2) is 0 Å². The third-order valence-corrected chi connectivity index (χ3v) is 5.86. The molecule has 0 atom stereocenters. The van der Waals surface area contributed by atoms with Gasteiger partial charge < -0.3 is 15.6 Å². The van der Waals surface area contributed by atoms with E-state index in [4.69, 9.17) is 10.3 Å². The molecule has 30 heavy (non-hydrogen) atoms. The van der Waals surface area contributed by atoms with Crippen LogP contribution in [0.4, 0.5) is 11.8 Å². The molecule has 2 aromatic carbocycles. The topological polar surface area (TPSA) is 89.9 Å². The second-order valence-electron chi connectivity index (χ2n) is 7.97. The lowest BCUT2D eigenvalue weighted by molar-refractivity contribution is 0.400. The van der Waals surface area contributed by atoms with Gasteiger partial charge in [-0.2, -0.15) is 4.98 Å². The largest absolute Gasteiger partial charge is 0.368 e. The fourth-order valence-corrected chi connectivity index (χ4v) is 4.36. The van der Waals surface area contributed by atoms with Crippen LogP contribution in [0.15, 0.2) is 53.1 Å². The number of benzene rings is 2. The first-order chi connectivity index (χ1) is 14.7. The Bertz CT molecular complexity index is 1180. The Morgan fingerprint density at radius 1 is 0.967 bits per heavy atom. The third-order valence-electron chi connectivity index (χ3n) is 5.86. The molecule has 0 saturated heterocycles. The zero-order chi connectivity index (χ0) is 20.5. The minimum absolute atomic E-state index is 0.291. The Balaban J connectivity index is 1.61. The Hall–Kier alpha value is -3.41. The molecule has 1 aliphatic carbocycles. The normalized spacial score (nSPS) is 14.8. The van der Waals surface area contributed by atoms with Gasteiger partial charge in [0.05, 0.1) is 11.1 Å². The van der Waals surface area contributed by atoms with Gasteiger partial charge in [-0.25, -0.2) is 4.98 Å². The van der Waals surface area contributed by atoms with Crippen molar-refractivity contribution in [2.24, 2.45) is 0 Å². The average molecular weight is 399 g/mol. The molecule has 2 aromatic heterocycles. The van der Waals surface area contributed by atoms with Crippen molar-refractivity contribution in [1.82, 2.24) is 15.1 Å². The van der Waals surface area contributed by atoms with Crippen LogP contribution >= 0.6 is 0 Å². The van der Waals surface area contributed by atoms with Crippen LogP contribution in [0.2, 0.25) is 0 Å². The van der Waals surface area contributed by atoms with Gasteiger partial charge in [-0.3, -0.25) is 0 Å². The summed E-state index contributed by atoms with van der Waals surface area (Å²) in [6.45, 7) is 1.94. The van der Waals surface area contributed by atoms with Gasteiger partial charge >= 0.3 is 0 Å². The number of nitrogen functional groups attached to an aromatic ring is 1. The summed E-state index contributed by atoms with van der Waals surface area (Å²) in [4.78, 5) is 8.98. The molecule has 152 valence electrons. The van der Waals surface area contributed by atoms with Crippen LogP contribution in [0, 0.1) is 6.92 Å². The zero-order valence-electron chi connectivity index (χ0n) is 17.1. The first kappa shape index (κ1) is 18.6. The molecule has 5 rings (SSSR count). The fraction of sp³-hybridized carbons (Fsp3) is 0.292. The first-order valence-corrected chi connectivity index (χ1v) is 10.5. The molecule has 0 unspecified atom stereocenters. The summed E-state index contributed by atoms with van der Waals surface area (Å²) in [6.07, 6.45) is 6.13. The van der Waals surface area contributed by atoms with E-state index in [2.05, 4.69) is 26.5 Å². The van der Waals surface area contributed by atoms with Gasteiger partial charge in [-0.1, -0.05) is 60.8 Å². The predicted octanol–water partition coefficient (Wildman–Crippen LogP) is 5.59. The van der Waals surface area contributed by atoms with Gasteiger partial charge in [0.25, 0.3) is 0 Å². The average Bonchev–Trinajstić information content (AvgIpc) is 3.16. The number of anilines is 2. The summed E-state index contributed by atoms with van der Waals surface area (Å²) in [5.74, 6) is 1.88. The van der Waals surface area contributed by atoms with E-state index in [0.717, 1.165) is 57.7 Å². The zero-order valence-corrected chi connectivity index (χ0v) is 17.1. The van der Waals surface area contributed by atoms with Crippen LogP contribution < -0.4 is 11.1 Å². The van der Waals surface area contributed by atoms with Crippen LogP contribution in [-0.4, -0.2) is 21.2 Å². The number of rotatable bonds is 4. The van der Waals surface area contributed by atoms with Crippen LogP contribution in [0.5, 0.6) is 0 Å². The number of nitrogens with zero attached hydrogens (tertiary/aromatic N) is 3. The van der Waals surface area contributed by atoms with E-state index < -0.39 is 0 Å². The molecule has 6 nitrogen and oxygen atoms in total. The highest BCUT2D eigenvalue weighted by Crippen LogP contribution is 2.36. The van der Waals surface area contributed by atoms with Crippen molar-refractivity contribution in [3.63, 3.8) is 0 Å². The number of nitrogens with two attached hydrogens (primary N) is 1. The molecule has 0 spiro atoms. The lowest BCUT2D eigenvalue weighted by atomic mass is 9.95. The highest BCUT2D eigenvalue weighted by atomic mass is 16.5. The van der Waals surface area contributed by atoms with Gasteiger partial charge in [-0.05, 0) is 37.5 Å². The van der Waals surface area contributed by atoms with E-state index in [1.165, 1.54) is 19.3 Å². The summed E-state index contributed by atoms with van der Waals surface area (Å²) in [5, 5.41) is 8.92. The summed E-state index contributed by atoms with van der Waals surface area (Å²) in [6, 6.07) is 16.7. The van der Waals surface area contributed by atoms with E-state index in [9.17, 15) is 0 Å². The lowest BCUT2D eigenvalue weighted by Gasteiger charge is -2.24. The summed E-state index contributed by atoms with van der Waals surface area (Å²) in [7, 11) is 0. The van der Waals surface area contributed by atoms with Gasteiger partial charge in [-0.15, -0.1) is 0 Å². The van der Waals surface area contributed by atoms with Crippen molar-refractivity contribution in [3.8, 4) is 22.4 Å². The minimum atomic E-state index is 0.291. The highest BCUT2D eigenvalue weighted by molar-refractivity contribution is 5.95. The Morgan fingerprint density at radius 2 is 1.77 bits per heavy atom. The number of fused-ring (bicyclic) bond motifs is 1. The summed E-state index contributed by atoms with van der Waals surface area (Å²) >= 11 is 0. The second kappa shape index (κ2) is 7.78. The molecular formula is C24H25N5O. The molecule has 1 aliphatic rings. The van der Waals surface area contributed by atoms with Crippen LogP contribution in [0.25, 0.3) is 33.3 Å². The van der Waals surface area contributed by atoms with E-state index in [0.29, 0.717) is 12.0 Å². The minimum Gasteiger partial charge on any atom is -0.368 e. The molecule has 0 radical (unpaired) electrons. The van der Waals surface area contributed by atoms with Crippen molar-refractivity contribution in [2.45, 2.75) is 45.1 Å². The van der Waals surface area contributed by atoms with E-state index in [1.807, 2.05) is 49.4 Å². The summed E-state index contributed by atoms with van der Waals surface area (Å²) in [5.41, 5.74) is 10.7. The maximum Gasteiger partial charge on any atom is 0.222 e. The smallest absolute Gasteiger partial charge is 0.222 e. The maximum atomic E-state index is 6.00. The van der Waals surface area contributed by atoms with Crippen LogP contribution in [-0.2, 0) is 0 Å². The number of nitrogens with one attached hydrogen (secondary N) is 1. The molecule has 1 saturated carbocycles. The molecule has 1 fully saturated rings. The van der Waals surface area contributed by atoms with Crippen molar-refractivity contribution < 1.29 is 4.52 Å². The molecule has 4 aromatic rings. The summed E-state index contributed by atoms with van der Waals surface area (Å²) < 4.78 is 5.57. The maximum absolute atomic E-state index is 6.00. The Morgan fingerprint density at radius 3 is 2.57 bits per heavy atom. The van der Waals surface area contributed by atoms with Crippen molar-refractivity contribution in [3.05, 3.63) is 54.3 Å². The highest BCUT2D eigenvalue weighted by Gasteiger charge is 2.19. The first-order valence-electron chi connectivity index (χ1n) is 10.5. The standard InChI is InChI=1S/C24H25N5O/c1-15-21(22(29-30-15)16-8-4-2-5-9-16)17-12-13-20-19(14-17)23(28-24(25)27-20)26-18-10-6-3-7-11-18/h2,4-5,8-9,12-14,18H,3,6-7,10-11H2,1H3,(H3,25,26,27,28). The lowest BCUT2D eigenvalue weighted by Crippen LogP contribution is -2.23. The third kappa shape index (κ3) is 3.49. The predicted molar refractivity (Wildman–Crippen MR) is 120 cm³/mol. The quantitative estimate of drug-likeness (QED) is 0.465. The van der Waals surface area contributed by atoms with E-state index in [1.54, 1.807) is 0 Å². The number of aryl methyl sites for hydroxylation is 1. The van der Waals surface area contributed by atoms with Crippen molar-refractivity contribution >= 4 is 22.7 Å². The second-order valence-corrected chi connectivity index (χ2v) is 7.97. The molecule has 0 aliphatic heterocycles. The number of hydrogen-bond acceptors (Lipinski definition) is 6. The van der Waals surface area contributed by atoms with Crippen LogP contribution in [0.1, 0.15) is 37.9 Å². The molecule has 0 amide bonds. The fourth-order valence-electron chi connectivity index (χ4n) is 4.36. The van der Waals surface area contributed by atoms with E-state index >= 15 is 0 Å². The van der Waals surface area contributed by atoms with Gasteiger partial charge in [0, 0.05) is 17.0 Å². The Labute approximate surface area is 175 Å². The number of aromatic nitrogens is 3. The SMILES string of the molecule is Cc1onc(-c2ccccc2)c1-c1ccc2nc(N)nc(NC3CCCCC3)c2c1. The molecule has 2 heterocycles. The van der Waals surface area contributed by atoms with Crippen molar-refractivity contribution in [1.29, 1.82) is 0 Å². The van der Waals surface area contributed by atoms with Gasteiger partial charge in [0.2, 0.25) is 5.95 Å². The Kier molecular flexibility index (Phi) is 4.83.